The molecule has 0 fully saturated rings. The quantitative estimate of drug-likeness (QED) is 0.809. The molecule has 3 nitrogen and oxygen atoms in total. The van der Waals surface area contributed by atoms with Crippen LogP contribution in [0.3, 0.4) is 0 Å². The van der Waals surface area contributed by atoms with Gasteiger partial charge in [0.1, 0.15) is 0 Å². The molecule has 3 heteroatoms. The molecule has 0 aliphatic rings. The molecule has 0 saturated heterocycles. The van der Waals surface area contributed by atoms with E-state index in [4.69, 9.17) is 5.73 Å². The van der Waals surface area contributed by atoms with E-state index in [0.717, 1.165) is 17.7 Å². The maximum absolute atomic E-state index is 12.2. The summed E-state index contributed by atoms with van der Waals surface area (Å²) in [7, 11) is 0. The largest absolute Gasteiger partial charge is 0.398 e. The molecule has 0 aromatic heterocycles. The smallest absolute Gasteiger partial charge is 0.255 e. The minimum atomic E-state index is -0.136. The third kappa shape index (κ3) is 4.09. The van der Waals surface area contributed by atoms with Crippen molar-refractivity contribution in [1.82, 2.24) is 0 Å². The van der Waals surface area contributed by atoms with Gasteiger partial charge in [-0.25, -0.2) is 0 Å². The highest BCUT2D eigenvalue weighted by Crippen LogP contribution is 2.16. The molecule has 0 radical (unpaired) electrons. The first-order valence-electron chi connectivity index (χ1n) is 7.36. The Kier molecular flexibility index (Phi) is 4.99. The Morgan fingerprint density at radius 3 is 2.48 bits per heavy atom. The van der Waals surface area contributed by atoms with Crippen LogP contribution < -0.4 is 11.1 Å². The van der Waals surface area contributed by atoms with Crippen molar-refractivity contribution in [2.75, 3.05) is 11.1 Å². The molecule has 1 amide bonds. The summed E-state index contributed by atoms with van der Waals surface area (Å²) < 4.78 is 0. The fraction of sp³-hybridized carbons (Fsp3) is 0.278. The van der Waals surface area contributed by atoms with E-state index < -0.39 is 0 Å². The SMILES string of the molecule is CCCCc1ccc(NC(=O)c2ccc(C)c(N)c2)cc1. The van der Waals surface area contributed by atoms with Crippen molar-refractivity contribution in [3.8, 4) is 0 Å². The summed E-state index contributed by atoms with van der Waals surface area (Å²) in [5.74, 6) is -0.136. The van der Waals surface area contributed by atoms with Gasteiger partial charge in [0.05, 0.1) is 0 Å². The Morgan fingerprint density at radius 1 is 1.14 bits per heavy atom. The van der Waals surface area contributed by atoms with Gasteiger partial charge >= 0.3 is 0 Å². The summed E-state index contributed by atoms with van der Waals surface area (Å²) in [4.78, 5) is 12.2. The maximum atomic E-state index is 12.2. The zero-order chi connectivity index (χ0) is 15.2. The molecule has 0 atom stereocenters. The number of hydrogen-bond donors (Lipinski definition) is 2. The van der Waals surface area contributed by atoms with Crippen molar-refractivity contribution in [3.63, 3.8) is 0 Å². The highest BCUT2D eigenvalue weighted by molar-refractivity contribution is 6.04. The zero-order valence-electron chi connectivity index (χ0n) is 12.6. The molecule has 0 aliphatic heterocycles. The highest BCUT2D eigenvalue weighted by Gasteiger charge is 2.07. The number of hydrogen-bond acceptors (Lipinski definition) is 2. The Hall–Kier alpha value is -2.29. The number of rotatable bonds is 5. The minimum Gasteiger partial charge on any atom is -0.398 e. The molecule has 21 heavy (non-hydrogen) atoms. The molecule has 0 bridgehead atoms. The van der Waals surface area contributed by atoms with E-state index in [9.17, 15) is 4.79 Å². The molecule has 110 valence electrons. The number of carbonyl (C=O) groups is 1. The average molecular weight is 282 g/mol. The Bertz CT molecular complexity index is 618. The lowest BCUT2D eigenvalue weighted by molar-refractivity contribution is 0.102. The Labute approximate surface area is 126 Å². The number of nitrogens with one attached hydrogen (secondary N) is 1. The first-order valence-corrected chi connectivity index (χ1v) is 7.36. The van der Waals surface area contributed by atoms with E-state index in [1.54, 1.807) is 12.1 Å². The molecular formula is C18H22N2O. The maximum Gasteiger partial charge on any atom is 0.255 e. The van der Waals surface area contributed by atoms with Gasteiger partial charge in [0.15, 0.2) is 0 Å². The molecule has 0 unspecified atom stereocenters. The lowest BCUT2D eigenvalue weighted by Crippen LogP contribution is -2.12. The third-order valence-corrected chi connectivity index (χ3v) is 3.57. The number of carbonyl (C=O) groups excluding carboxylic acids is 1. The predicted octanol–water partition coefficient (Wildman–Crippen LogP) is 4.17. The minimum absolute atomic E-state index is 0.136. The number of benzene rings is 2. The van der Waals surface area contributed by atoms with Crippen molar-refractivity contribution in [1.29, 1.82) is 0 Å². The van der Waals surface area contributed by atoms with Gasteiger partial charge in [-0.1, -0.05) is 31.5 Å². The molecule has 2 aromatic carbocycles. The topological polar surface area (TPSA) is 55.1 Å². The number of nitrogens with two attached hydrogens (primary N) is 1. The molecule has 0 heterocycles. The van der Waals surface area contributed by atoms with E-state index in [-0.39, 0.29) is 5.91 Å². The van der Waals surface area contributed by atoms with E-state index in [1.807, 2.05) is 25.1 Å². The number of unbranched alkanes of at least 4 members (excludes halogenated alkanes) is 1. The number of amides is 1. The zero-order valence-corrected chi connectivity index (χ0v) is 12.6. The Morgan fingerprint density at radius 2 is 1.86 bits per heavy atom. The van der Waals surface area contributed by atoms with Gasteiger partial charge in [-0.15, -0.1) is 0 Å². The van der Waals surface area contributed by atoms with E-state index in [1.165, 1.54) is 18.4 Å². The lowest BCUT2D eigenvalue weighted by atomic mass is 10.1. The van der Waals surface area contributed by atoms with Crippen LogP contribution in [0, 0.1) is 6.92 Å². The number of nitrogen functional groups attached to an aromatic ring is 1. The van der Waals surface area contributed by atoms with Gasteiger partial charge in [-0.05, 0) is 55.2 Å². The van der Waals surface area contributed by atoms with Crippen molar-refractivity contribution >= 4 is 17.3 Å². The summed E-state index contributed by atoms with van der Waals surface area (Å²) in [5, 5.41) is 2.89. The standard InChI is InChI=1S/C18H22N2O/c1-3-4-5-14-7-10-16(11-8-14)20-18(21)15-9-6-13(2)17(19)12-15/h6-12H,3-5,19H2,1-2H3,(H,20,21). The van der Waals surface area contributed by atoms with E-state index in [0.29, 0.717) is 11.3 Å². The second-order valence-corrected chi connectivity index (χ2v) is 5.33. The molecule has 0 aliphatic carbocycles. The fourth-order valence-corrected chi connectivity index (χ4v) is 2.12. The molecule has 0 spiro atoms. The van der Waals surface area contributed by atoms with Gasteiger partial charge in [-0.3, -0.25) is 4.79 Å². The van der Waals surface area contributed by atoms with Crippen LogP contribution in [-0.4, -0.2) is 5.91 Å². The van der Waals surface area contributed by atoms with Crippen LogP contribution in [0.2, 0.25) is 0 Å². The highest BCUT2D eigenvalue weighted by atomic mass is 16.1. The lowest BCUT2D eigenvalue weighted by Gasteiger charge is -2.08. The van der Waals surface area contributed by atoms with Crippen LogP contribution in [0.25, 0.3) is 0 Å². The van der Waals surface area contributed by atoms with Crippen LogP contribution in [0.15, 0.2) is 42.5 Å². The molecule has 3 N–H and O–H groups in total. The molecule has 2 aromatic rings. The summed E-state index contributed by atoms with van der Waals surface area (Å²) in [5.41, 5.74) is 10.1. The second-order valence-electron chi connectivity index (χ2n) is 5.33. The number of anilines is 2. The van der Waals surface area contributed by atoms with Crippen LogP contribution in [0.1, 0.15) is 41.3 Å². The first kappa shape index (κ1) is 15.1. The molecule has 2 rings (SSSR count). The fourth-order valence-electron chi connectivity index (χ4n) is 2.12. The van der Waals surface area contributed by atoms with Crippen LogP contribution >= 0.6 is 0 Å². The Balaban J connectivity index is 2.03. The van der Waals surface area contributed by atoms with Crippen molar-refractivity contribution < 1.29 is 4.79 Å². The van der Waals surface area contributed by atoms with Gasteiger partial charge in [-0.2, -0.15) is 0 Å². The van der Waals surface area contributed by atoms with E-state index >= 15 is 0 Å². The van der Waals surface area contributed by atoms with Crippen molar-refractivity contribution in [3.05, 3.63) is 59.2 Å². The van der Waals surface area contributed by atoms with Crippen LogP contribution in [0.4, 0.5) is 11.4 Å². The first-order chi connectivity index (χ1) is 10.1. The van der Waals surface area contributed by atoms with Crippen molar-refractivity contribution in [2.45, 2.75) is 33.1 Å². The summed E-state index contributed by atoms with van der Waals surface area (Å²) in [6, 6.07) is 13.4. The van der Waals surface area contributed by atoms with Gasteiger partial charge < -0.3 is 11.1 Å². The molecular weight excluding hydrogens is 260 g/mol. The van der Waals surface area contributed by atoms with Gasteiger partial charge in [0, 0.05) is 16.9 Å². The average Bonchev–Trinajstić information content (AvgIpc) is 2.49. The van der Waals surface area contributed by atoms with Crippen molar-refractivity contribution in [2.24, 2.45) is 0 Å². The number of aryl methyl sites for hydroxylation is 2. The summed E-state index contributed by atoms with van der Waals surface area (Å²) in [6.07, 6.45) is 3.46. The summed E-state index contributed by atoms with van der Waals surface area (Å²) >= 11 is 0. The van der Waals surface area contributed by atoms with Gasteiger partial charge in [0.2, 0.25) is 0 Å². The van der Waals surface area contributed by atoms with Crippen LogP contribution in [-0.2, 0) is 6.42 Å². The van der Waals surface area contributed by atoms with Crippen LogP contribution in [0.5, 0.6) is 0 Å². The normalized spacial score (nSPS) is 10.4. The summed E-state index contributed by atoms with van der Waals surface area (Å²) in [6.45, 7) is 4.11. The second kappa shape index (κ2) is 6.93. The molecule has 0 saturated carbocycles. The predicted molar refractivity (Wildman–Crippen MR) is 88.6 cm³/mol. The monoisotopic (exact) mass is 282 g/mol. The van der Waals surface area contributed by atoms with E-state index in [2.05, 4.69) is 24.4 Å². The third-order valence-electron chi connectivity index (χ3n) is 3.57. The van der Waals surface area contributed by atoms with Gasteiger partial charge in [0.25, 0.3) is 5.91 Å².